The predicted molar refractivity (Wildman–Crippen MR) is 108 cm³/mol. The highest BCUT2D eigenvalue weighted by Crippen LogP contribution is 2.35. The summed E-state index contributed by atoms with van der Waals surface area (Å²) in [5, 5.41) is 3.16. The Labute approximate surface area is 165 Å². The third-order valence-electron chi connectivity index (χ3n) is 6.02. The topological polar surface area (TPSA) is 58.4 Å². The zero-order valence-electron chi connectivity index (χ0n) is 15.9. The monoisotopic (exact) mass is 379 g/mol. The molecule has 1 aliphatic carbocycles. The minimum Gasteiger partial charge on any atom is -0.329 e. The number of hydrogen-bond acceptors (Lipinski definition) is 2. The second-order valence-electron chi connectivity index (χ2n) is 7.95. The quantitative estimate of drug-likeness (QED) is 0.796. The second kappa shape index (κ2) is 7.40. The highest BCUT2D eigenvalue weighted by Gasteiger charge is 2.43. The number of rotatable bonds is 4. The molecule has 2 aromatic rings. The minimum atomic E-state index is -0.409. The Bertz CT molecular complexity index is 874. The molecule has 0 unspecified atom stereocenters. The number of carbonyl (C=O) groups excluding carboxylic acids is 1. The van der Waals surface area contributed by atoms with Gasteiger partial charge in [-0.1, -0.05) is 42.5 Å². The van der Waals surface area contributed by atoms with Crippen molar-refractivity contribution in [2.75, 3.05) is 6.54 Å². The van der Waals surface area contributed by atoms with Crippen LogP contribution in [0.3, 0.4) is 0 Å². The van der Waals surface area contributed by atoms with E-state index in [1.165, 1.54) is 17.7 Å². The Morgan fingerprint density at radius 2 is 1.96 bits per heavy atom. The molecule has 4 nitrogen and oxygen atoms in total. The highest BCUT2D eigenvalue weighted by molar-refractivity contribution is 5.77. The number of carbonyl (C=O) groups is 1. The van der Waals surface area contributed by atoms with Crippen LogP contribution in [-0.4, -0.2) is 29.1 Å². The van der Waals surface area contributed by atoms with Crippen LogP contribution in [0, 0.1) is 5.82 Å². The summed E-state index contributed by atoms with van der Waals surface area (Å²) >= 11 is 0. The summed E-state index contributed by atoms with van der Waals surface area (Å²) in [5.41, 5.74) is 8.97. The summed E-state index contributed by atoms with van der Waals surface area (Å²) in [7, 11) is 0. The van der Waals surface area contributed by atoms with Crippen LogP contribution < -0.4 is 11.1 Å². The summed E-state index contributed by atoms with van der Waals surface area (Å²) in [6.07, 6.45) is 4.71. The van der Waals surface area contributed by atoms with E-state index in [0.29, 0.717) is 13.0 Å². The molecule has 4 rings (SSSR count). The average Bonchev–Trinajstić information content (AvgIpc) is 2.68. The average molecular weight is 379 g/mol. The third-order valence-corrected chi connectivity index (χ3v) is 6.02. The molecule has 2 aromatic carbocycles. The van der Waals surface area contributed by atoms with Crippen molar-refractivity contribution in [2.24, 2.45) is 5.73 Å². The van der Waals surface area contributed by atoms with E-state index in [0.717, 1.165) is 30.4 Å². The molecular formula is C23H26FN3O. The first kappa shape index (κ1) is 18.7. The normalized spacial score (nSPS) is 26.1. The van der Waals surface area contributed by atoms with E-state index >= 15 is 0 Å². The maximum absolute atomic E-state index is 13.3. The van der Waals surface area contributed by atoms with Gasteiger partial charge in [0.25, 0.3) is 0 Å². The maximum atomic E-state index is 13.3. The van der Waals surface area contributed by atoms with Gasteiger partial charge in [-0.25, -0.2) is 9.18 Å². The number of urea groups is 1. The van der Waals surface area contributed by atoms with Crippen LogP contribution in [0.15, 0.2) is 61.2 Å². The van der Waals surface area contributed by atoms with Crippen molar-refractivity contribution in [3.63, 3.8) is 0 Å². The summed E-state index contributed by atoms with van der Waals surface area (Å²) < 4.78 is 13.3. The molecule has 1 fully saturated rings. The summed E-state index contributed by atoms with van der Waals surface area (Å²) in [5.74, 6) is -0.253. The molecule has 3 N–H and O–H groups in total. The first-order chi connectivity index (χ1) is 13.5. The molecule has 0 saturated heterocycles. The Balaban J connectivity index is 1.60. The number of nitrogens with zero attached hydrogens (tertiary/aromatic N) is 1. The lowest BCUT2D eigenvalue weighted by atomic mass is 9.73. The zero-order valence-corrected chi connectivity index (χ0v) is 15.9. The SMILES string of the molecule is C=C[C@]1(NC(=O)N2CCc3ccccc3[C@@H]2Cc2ccc(F)cc2)C[C@@H](N)C1. The lowest BCUT2D eigenvalue weighted by Gasteiger charge is -2.47. The molecule has 2 aliphatic rings. The van der Waals surface area contributed by atoms with Crippen molar-refractivity contribution in [3.05, 3.63) is 83.7 Å². The van der Waals surface area contributed by atoms with E-state index in [4.69, 9.17) is 5.73 Å². The van der Waals surface area contributed by atoms with Crippen LogP contribution in [0.5, 0.6) is 0 Å². The van der Waals surface area contributed by atoms with E-state index < -0.39 is 5.54 Å². The molecule has 5 heteroatoms. The standard InChI is InChI=1S/C23H26FN3O/c1-2-23(14-19(25)15-23)26-22(28)27-12-11-17-5-3-4-6-20(17)21(27)13-16-7-9-18(24)10-8-16/h2-10,19,21H,1,11-15,25H2,(H,26,28)/t19-,21-,23+/m0/s1. The van der Waals surface area contributed by atoms with Crippen molar-refractivity contribution in [1.29, 1.82) is 0 Å². The van der Waals surface area contributed by atoms with Gasteiger partial charge in [0.05, 0.1) is 11.6 Å². The van der Waals surface area contributed by atoms with Gasteiger partial charge in [-0.2, -0.15) is 0 Å². The predicted octanol–water partition coefficient (Wildman–Crippen LogP) is 3.72. The molecule has 0 bridgehead atoms. The van der Waals surface area contributed by atoms with Crippen LogP contribution in [0.25, 0.3) is 0 Å². The minimum absolute atomic E-state index is 0.0894. The lowest BCUT2D eigenvalue weighted by molar-refractivity contribution is 0.141. The lowest BCUT2D eigenvalue weighted by Crippen LogP contribution is -2.63. The van der Waals surface area contributed by atoms with E-state index in [1.807, 2.05) is 17.0 Å². The van der Waals surface area contributed by atoms with Crippen LogP contribution in [0.4, 0.5) is 9.18 Å². The number of benzene rings is 2. The summed E-state index contributed by atoms with van der Waals surface area (Å²) in [4.78, 5) is 15.1. The molecule has 1 heterocycles. The highest BCUT2D eigenvalue weighted by atomic mass is 19.1. The van der Waals surface area contributed by atoms with Gasteiger partial charge in [-0.05, 0) is 54.5 Å². The summed E-state index contributed by atoms with van der Waals surface area (Å²) in [6.45, 7) is 4.54. The first-order valence-corrected chi connectivity index (χ1v) is 9.80. The van der Waals surface area contributed by atoms with E-state index in [1.54, 1.807) is 18.2 Å². The van der Waals surface area contributed by atoms with Crippen molar-refractivity contribution in [2.45, 2.75) is 43.3 Å². The zero-order chi connectivity index (χ0) is 19.7. The molecule has 0 spiro atoms. The fourth-order valence-electron chi connectivity index (χ4n) is 4.44. The van der Waals surface area contributed by atoms with Crippen LogP contribution >= 0.6 is 0 Å². The van der Waals surface area contributed by atoms with Gasteiger partial charge >= 0.3 is 6.03 Å². The van der Waals surface area contributed by atoms with Crippen LogP contribution in [0.2, 0.25) is 0 Å². The van der Waals surface area contributed by atoms with Crippen molar-refractivity contribution in [3.8, 4) is 0 Å². The Kier molecular flexibility index (Phi) is 4.94. The largest absolute Gasteiger partial charge is 0.329 e. The Morgan fingerprint density at radius 3 is 2.64 bits per heavy atom. The molecular weight excluding hydrogens is 353 g/mol. The molecule has 0 radical (unpaired) electrons. The van der Waals surface area contributed by atoms with E-state index in [-0.39, 0.29) is 23.9 Å². The first-order valence-electron chi connectivity index (χ1n) is 9.80. The number of hydrogen-bond donors (Lipinski definition) is 2. The van der Waals surface area contributed by atoms with Crippen molar-refractivity contribution >= 4 is 6.03 Å². The van der Waals surface area contributed by atoms with Gasteiger partial charge in [0.2, 0.25) is 0 Å². The molecule has 0 aromatic heterocycles. The smallest absolute Gasteiger partial charge is 0.318 e. The number of nitrogens with one attached hydrogen (secondary N) is 1. The van der Waals surface area contributed by atoms with Gasteiger partial charge in [0.15, 0.2) is 0 Å². The molecule has 2 amide bonds. The number of halogens is 1. The van der Waals surface area contributed by atoms with Gasteiger partial charge < -0.3 is 16.0 Å². The third kappa shape index (κ3) is 3.54. The van der Waals surface area contributed by atoms with Gasteiger partial charge in [-0.3, -0.25) is 0 Å². The second-order valence-corrected chi connectivity index (χ2v) is 7.95. The van der Waals surface area contributed by atoms with Gasteiger partial charge in [0.1, 0.15) is 5.82 Å². The Morgan fingerprint density at radius 1 is 1.25 bits per heavy atom. The maximum Gasteiger partial charge on any atom is 0.318 e. The van der Waals surface area contributed by atoms with E-state index in [2.05, 4.69) is 24.0 Å². The van der Waals surface area contributed by atoms with Crippen LogP contribution in [-0.2, 0) is 12.8 Å². The Hall–Kier alpha value is -2.66. The van der Waals surface area contributed by atoms with Gasteiger partial charge in [0, 0.05) is 12.6 Å². The number of amides is 2. The fraction of sp³-hybridized carbons (Fsp3) is 0.348. The molecule has 1 atom stereocenters. The molecule has 1 aliphatic heterocycles. The fourth-order valence-corrected chi connectivity index (χ4v) is 4.44. The molecule has 146 valence electrons. The van der Waals surface area contributed by atoms with Crippen molar-refractivity contribution < 1.29 is 9.18 Å². The van der Waals surface area contributed by atoms with Crippen molar-refractivity contribution in [1.82, 2.24) is 10.2 Å². The van der Waals surface area contributed by atoms with Gasteiger partial charge in [-0.15, -0.1) is 6.58 Å². The number of nitrogens with two attached hydrogens (primary N) is 1. The summed E-state index contributed by atoms with van der Waals surface area (Å²) in [6, 6.07) is 14.7. The number of fused-ring (bicyclic) bond motifs is 1. The molecule has 28 heavy (non-hydrogen) atoms. The van der Waals surface area contributed by atoms with Crippen LogP contribution in [0.1, 0.15) is 35.6 Å². The molecule has 1 saturated carbocycles. The van der Waals surface area contributed by atoms with E-state index in [9.17, 15) is 9.18 Å².